The Morgan fingerprint density at radius 2 is 1.89 bits per heavy atom. The highest BCUT2D eigenvalue weighted by molar-refractivity contribution is 5.79. The monoisotopic (exact) mass is 264 g/mol. The van der Waals surface area contributed by atoms with Gasteiger partial charge in [-0.15, -0.1) is 0 Å². The molecule has 0 aromatic rings. The molecule has 1 unspecified atom stereocenters. The van der Waals surface area contributed by atoms with Gasteiger partial charge in [0.25, 0.3) is 0 Å². The predicted molar refractivity (Wildman–Crippen MR) is 72.8 cm³/mol. The van der Waals surface area contributed by atoms with Crippen molar-refractivity contribution in [2.45, 2.75) is 49.7 Å². The molecule has 1 heterocycles. The maximum atomic E-state index is 12.5. The minimum Gasteiger partial charge on any atom is -0.344 e. The Balaban J connectivity index is 1.58. The van der Waals surface area contributed by atoms with E-state index < -0.39 is 0 Å². The van der Waals surface area contributed by atoms with Gasteiger partial charge >= 0.3 is 0 Å². The van der Waals surface area contributed by atoms with Gasteiger partial charge in [-0.1, -0.05) is 0 Å². The van der Waals surface area contributed by atoms with Crippen LogP contribution in [-0.2, 0) is 4.79 Å². The Morgan fingerprint density at radius 1 is 1.21 bits per heavy atom. The maximum absolute atomic E-state index is 12.5. The predicted octanol–water partition coefficient (Wildman–Crippen LogP) is 1.89. The molecule has 0 radical (unpaired) electrons. The second-order valence-corrected chi connectivity index (χ2v) is 6.79. The molecule has 0 aromatic heterocycles. The molecule has 3 rings (SSSR count). The van der Waals surface area contributed by atoms with Gasteiger partial charge in [0, 0.05) is 31.5 Å². The van der Waals surface area contributed by atoms with E-state index in [1.165, 1.54) is 19.3 Å². The third kappa shape index (κ3) is 2.18. The summed E-state index contributed by atoms with van der Waals surface area (Å²) in [6.45, 7) is 0.858. The minimum atomic E-state index is -0.142. The van der Waals surface area contributed by atoms with E-state index in [-0.39, 0.29) is 17.1 Å². The highest BCUT2D eigenvalue weighted by Gasteiger charge is 2.50. The summed E-state index contributed by atoms with van der Waals surface area (Å²) in [5.74, 6) is 0.432. The molecule has 0 aromatic carbocycles. The first-order valence-electron chi connectivity index (χ1n) is 7.33. The molecule has 0 saturated heterocycles. The van der Waals surface area contributed by atoms with Gasteiger partial charge < -0.3 is 9.80 Å². The Hall–Kier alpha value is -0.970. The number of hydrogen-bond acceptors (Lipinski definition) is 4. The molecule has 0 bridgehead atoms. The summed E-state index contributed by atoms with van der Waals surface area (Å²) in [7, 11) is 6.21. The first kappa shape index (κ1) is 13.0. The molecule has 3 aliphatic rings. The van der Waals surface area contributed by atoms with Crippen LogP contribution in [0.4, 0.5) is 0 Å². The molecule has 5 heteroatoms. The van der Waals surface area contributed by atoms with E-state index in [0.717, 1.165) is 25.8 Å². The van der Waals surface area contributed by atoms with Gasteiger partial charge in [0.15, 0.2) is 5.66 Å². The smallest absolute Gasteiger partial charge is 0.225 e. The fourth-order valence-corrected chi connectivity index (χ4v) is 3.63. The second-order valence-electron chi connectivity index (χ2n) is 6.79. The molecule has 1 atom stereocenters. The van der Waals surface area contributed by atoms with Crippen LogP contribution in [-0.4, -0.2) is 54.6 Å². The summed E-state index contributed by atoms with van der Waals surface area (Å²) >= 11 is 0. The van der Waals surface area contributed by atoms with E-state index >= 15 is 0 Å². The van der Waals surface area contributed by atoms with Crippen molar-refractivity contribution < 1.29 is 4.79 Å². The SMILES string of the molecule is CN(CC1(N(C)C)CCC1)C(=O)C1CCC2(C1)N=N2. The molecule has 2 aliphatic carbocycles. The van der Waals surface area contributed by atoms with Crippen LogP contribution in [0.3, 0.4) is 0 Å². The average molecular weight is 264 g/mol. The summed E-state index contributed by atoms with van der Waals surface area (Å²) in [5, 5.41) is 8.20. The molecular formula is C14H24N4O. The first-order chi connectivity index (χ1) is 8.96. The maximum Gasteiger partial charge on any atom is 0.225 e. The largest absolute Gasteiger partial charge is 0.344 e. The lowest BCUT2D eigenvalue weighted by Crippen LogP contribution is -2.57. The number of rotatable bonds is 4. The van der Waals surface area contributed by atoms with E-state index in [0.29, 0.717) is 5.91 Å². The summed E-state index contributed by atoms with van der Waals surface area (Å²) in [5.41, 5.74) is 0.0753. The molecule has 5 nitrogen and oxygen atoms in total. The van der Waals surface area contributed by atoms with Crippen LogP contribution in [0.1, 0.15) is 38.5 Å². The Kier molecular flexibility index (Phi) is 2.93. The third-order valence-electron chi connectivity index (χ3n) is 5.34. The van der Waals surface area contributed by atoms with Crippen molar-refractivity contribution >= 4 is 5.91 Å². The van der Waals surface area contributed by atoms with E-state index in [9.17, 15) is 4.79 Å². The number of carbonyl (C=O) groups is 1. The van der Waals surface area contributed by atoms with Crippen molar-refractivity contribution in [2.24, 2.45) is 16.1 Å². The summed E-state index contributed by atoms with van der Waals surface area (Å²) in [4.78, 5) is 16.8. The molecule has 2 saturated carbocycles. The fourth-order valence-electron chi connectivity index (χ4n) is 3.63. The van der Waals surface area contributed by atoms with E-state index in [1.54, 1.807) is 0 Å². The molecule has 106 valence electrons. The van der Waals surface area contributed by atoms with Crippen molar-refractivity contribution in [3.63, 3.8) is 0 Å². The zero-order valence-corrected chi connectivity index (χ0v) is 12.2. The normalized spacial score (nSPS) is 29.6. The van der Waals surface area contributed by atoms with E-state index in [4.69, 9.17) is 0 Å². The molecule has 1 spiro atoms. The molecule has 1 aliphatic heterocycles. The molecule has 1 amide bonds. The lowest BCUT2D eigenvalue weighted by Gasteiger charge is -2.49. The average Bonchev–Trinajstić information content (AvgIpc) is 2.92. The fraction of sp³-hybridized carbons (Fsp3) is 0.929. The van der Waals surface area contributed by atoms with Crippen molar-refractivity contribution in [3.8, 4) is 0 Å². The standard InChI is InChI=1S/C14H24N4O/c1-17(2)13(6-4-7-13)10-18(3)12(19)11-5-8-14(9-11)15-16-14/h11H,4-10H2,1-3H3. The lowest BCUT2D eigenvalue weighted by molar-refractivity contribution is -0.136. The number of amides is 1. The van der Waals surface area contributed by atoms with E-state index in [2.05, 4.69) is 29.2 Å². The number of likely N-dealkylation sites (N-methyl/N-ethyl adjacent to an activating group) is 2. The summed E-state index contributed by atoms with van der Waals surface area (Å²) in [6.07, 6.45) is 6.45. The van der Waals surface area contributed by atoms with Crippen LogP contribution < -0.4 is 0 Å². The van der Waals surface area contributed by atoms with Crippen molar-refractivity contribution in [1.29, 1.82) is 0 Å². The molecular weight excluding hydrogens is 240 g/mol. The summed E-state index contributed by atoms with van der Waals surface area (Å²) < 4.78 is 0. The molecule has 0 N–H and O–H groups in total. The zero-order chi connectivity index (χ0) is 13.7. The Labute approximate surface area is 115 Å². The van der Waals surface area contributed by atoms with Crippen LogP contribution in [0.25, 0.3) is 0 Å². The highest BCUT2D eigenvalue weighted by Crippen LogP contribution is 2.47. The zero-order valence-electron chi connectivity index (χ0n) is 12.2. The molecule has 2 fully saturated rings. The molecule has 19 heavy (non-hydrogen) atoms. The van der Waals surface area contributed by atoms with Gasteiger partial charge in [-0.2, -0.15) is 10.2 Å². The van der Waals surface area contributed by atoms with Crippen molar-refractivity contribution in [3.05, 3.63) is 0 Å². The number of nitrogens with zero attached hydrogens (tertiary/aromatic N) is 4. The van der Waals surface area contributed by atoms with Gasteiger partial charge in [-0.05, 0) is 46.2 Å². The van der Waals surface area contributed by atoms with Crippen molar-refractivity contribution in [2.75, 3.05) is 27.7 Å². The minimum absolute atomic E-state index is 0.138. The van der Waals surface area contributed by atoms with Crippen LogP contribution in [0.2, 0.25) is 0 Å². The van der Waals surface area contributed by atoms with Crippen LogP contribution in [0, 0.1) is 5.92 Å². The first-order valence-corrected chi connectivity index (χ1v) is 7.33. The van der Waals surface area contributed by atoms with Crippen LogP contribution in [0.15, 0.2) is 10.2 Å². The summed E-state index contributed by atoms with van der Waals surface area (Å²) in [6, 6.07) is 0. The van der Waals surface area contributed by atoms with Gasteiger partial charge in [0.1, 0.15) is 0 Å². The van der Waals surface area contributed by atoms with Crippen LogP contribution >= 0.6 is 0 Å². The van der Waals surface area contributed by atoms with Gasteiger partial charge in [-0.25, -0.2) is 0 Å². The third-order valence-corrected chi connectivity index (χ3v) is 5.34. The van der Waals surface area contributed by atoms with Gasteiger partial charge in [-0.3, -0.25) is 4.79 Å². The number of hydrogen-bond donors (Lipinski definition) is 0. The van der Waals surface area contributed by atoms with E-state index in [1.807, 2.05) is 11.9 Å². The lowest BCUT2D eigenvalue weighted by atomic mass is 9.75. The van der Waals surface area contributed by atoms with Crippen molar-refractivity contribution in [1.82, 2.24) is 9.80 Å². The Morgan fingerprint density at radius 3 is 2.32 bits per heavy atom. The quantitative estimate of drug-likeness (QED) is 0.778. The van der Waals surface area contributed by atoms with Gasteiger partial charge in [0.05, 0.1) is 0 Å². The van der Waals surface area contributed by atoms with Gasteiger partial charge in [0.2, 0.25) is 5.91 Å². The van der Waals surface area contributed by atoms with Crippen LogP contribution in [0.5, 0.6) is 0 Å². The Bertz CT molecular complexity index is 408. The number of carbonyl (C=O) groups excluding carboxylic acids is 1. The second kappa shape index (κ2) is 4.27. The topological polar surface area (TPSA) is 48.3 Å². The highest BCUT2D eigenvalue weighted by atomic mass is 16.2.